The molecule has 0 saturated carbocycles. The number of Topliss-reactive ketones (excluding diaryl/α,β-unsaturated/α-hetero) is 1. The molecule has 1 aliphatic heterocycles. The Bertz CT molecular complexity index is 432. The van der Waals surface area contributed by atoms with E-state index in [1.54, 1.807) is 18.7 Å². The number of rotatable bonds is 4. The number of hydrazine groups is 1. The number of nitrogens with zero attached hydrogens (tertiary/aromatic N) is 2. The number of ketones is 1. The maximum atomic E-state index is 11.7. The van der Waals surface area contributed by atoms with Gasteiger partial charge in [-0.05, 0) is 19.1 Å². The number of benzene rings is 1. The molecule has 3 nitrogen and oxygen atoms in total. The van der Waals surface area contributed by atoms with Crippen molar-refractivity contribution in [3.05, 3.63) is 24.3 Å². The lowest BCUT2D eigenvalue weighted by molar-refractivity contribution is -0.116. The van der Waals surface area contributed by atoms with Gasteiger partial charge in [0.25, 0.3) is 0 Å². The summed E-state index contributed by atoms with van der Waals surface area (Å²) in [6.07, 6.45) is 0. The number of fused-ring (bicyclic) bond motifs is 1. The predicted molar refractivity (Wildman–Crippen MR) is 77.0 cm³/mol. The summed E-state index contributed by atoms with van der Waals surface area (Å²) >= 11 is 1.69. The fourth-order valence-electron chi connectivity index (χ4n) is 2.26. The van der Waals surface area contributed by atoms with Crippen LogP contribution in [0.2, 0.25) is 0 Å². The van der Waals surface area contributed by atoms with Crippen molar-refractivity contribution in [2.75, 3.05) is 24.6 Å². The minimum absolute atomic E-state index is 0.0421. The normalized spacial score (nSPS) is 18.9. The molecule has 1 aliphatic rings. The molecule has 0 amide bonds. The molecule has 0 N–H and O–H groups in total. The lowest BCUT2D eigenvalue weighted by Crippen LogP contribution is -2.49. The quantitative estimate of drug-likeness (QED) is 0.834. The average Bonchev–Trinajstić information content (AvgIpc) is 2.39. The fraction of sp³-hybridized carbons (Fsp3) is 0.500. The highest BCUT2D eigenvalue weighted by atomic mass is 32.2. The van der Waals surface area contributed by atoms with E-state index in [-0.39, 0.29) is 11.0 Å². The molecule has 0 radical (unpaired) electrons. The molecule has 1 atom stereocenters. The van der Waals surface area contributed by atoms with Crippen LogP contribution in [0, 0.1) is 0 Å². The van der Waals surface area contributed by atoms with Gasteiger partial charge >= 0.3 is 0 Å². The number of hydrogen-bond acceptors (Lipinski definition) is 4. The third kappa shape index (κ3) is 2.54. The molecule has 1 unspecified atom stereocenters. The van der Waals surface area contributed by atoms with E-state index in [1.165, 1.54) is 10.6 Å². The smallest absolute Gasteiger partial charge is 0.144 e. The van der Waals surface area contributed by atoms with Crippen LogP contribution in [-0.2, 0) is 4.79 Å². The van der Waals surface area contributed by atoms with Gasteiger partial charge in [0.15, 0.2) is 0 Å². The van der Waals surface area contributed by atoms with Crippen molar-refractivity contribution in [2.24, 2.45) is 0 Å². The van der Waals surface area contributed by atoms with Gasteiger partial charge in [0.2, 0.25) is 0 Å². The van der Waals surface area contributed by atoms with Gasteiger partial charge in [-0.3, -0.25) is 4.79 Å². The summed E-state index contributed by atoms with van der Waals surface area (Å²) in [6, 6.07) is 8.33. The van der Waals surface area contributed by atoms with Crippen molar-refractivity contribution in [1.29, 1.82) is 0 Å². The zero-order valence-electron chi connectivity index (χ0n) is 11.2. The van der Waals surface area contributed by atoms with Gasteiger partial charge < -0.3 is 5.01 Å². The lowest BCUT2D eigenvalue weighted by Gasteiger charge is -2.41. The Kier molecular flexibility index (Phi) is 4.30. The van der Waals surface area contributed by atoms with Crippen LogP contribution < -0.4 is 5.01 Å². The molecule has 2 rings (SSSR count). The zero-order valence-corrected chi connectivity index (χ0v) is 12.0. The highest BCUT2D eigenvalue weighted by Gasteiger charge is 2.29. The maximum Gasteiger partial charge on any atom is 0.144 e. The number of para-hydroxylation sites is 1. The van der Waals surface area contributed by atoms with E-state index in [4.69, 9.17) is 0 Å². The van der Waals surface area contributed by atoms with Crippen molar-refractivity contribution in [3.8, 4) is 0 Å². The van der Waals surface area contributed by atoms with E-state index < -0.39 is 0 Å². The molecule has 98 valence electrons. The molecule has 0 aliphatic carbocycles. The lowest BCUT2D eigenvalue weighted by atomic mass is 10.2. The summed E-state index contributed by atoms with van der Waals surface area (Å²) in [5.41, 5.74) is 1.23. The number of thioether (sulfide) groups is 1. The predicted octanol–water partition coefficient (Wildman–Crippen LogP) is 2.81. The van der Waals surface area contributed by atoms with Crippen LogP contribution in [0.1, 0.15) is 20.8 Å². The van der Waals surface area contributed by atoms with Gasteiger partial charge in [-0.25, -0.2) is 5.01 Å². The minimum Gasteiger partial charge on any atom is -0.303 e. The monoisotopic (exact) mass is 264 g/mol. The Labute approximate surface area is 113 Å². The van der Waals surface area contributed by atoms with Crippen LogP contribution in [0.15, 0.2) is 29.2 Å². The van der Waals surface area contributed by atoms with Crippen molar-refractivity contribution >= 4 is 23.2 Å². The van der Waals surface area contributed by atoms with Gasteiger partial charge in [0.05, 0.1) is 17.5 Å². The van der Waals surface area contributed by atoms with Crippen LogP contribution >= 0.6 is 11.8 Å². The Morgan fingerprint density at radius 1 is 1.39 bits per heavy atom. The fourth-order valence-corrected chi connectivity index (χ4v) is 3.40. The number of hydrogen-bond donors (Lipinski definition) is 0. The summed E-state index contributed by atoms with van der Waals surface area (Å²) in [6.45, 7) is 8.68. The molecule has 0 spiro atoms. The Hall–Kier alpha value is -1.00. The second kappa shape index (κ2) is 5.76. The van der Waals surface area contributed by atoms with Gasteiger partial charge in [0, 0.05) is 18.0 Å². The number of carbonyl (C=O) groups is 1. The van der Waals surface area contributed by atoms with E-state index in [0.29, 0.717) is 0 Å². The van der Waals surface area contributed by atoms with Crippen LogP contribution in [0.4, 0.5) is 5.69 Å². The van der Waals surface area contributed by atoms with E-state index in [0.717, 1.165) is 19.6 Å². The van der Waals surface area contributed by atoms with Gasteiger partial charge in [-0.2, -0.15) is 0 Å². The van der Waals surface area contributed by atoms with Crippen LogP contribution in [0.5, 0.6) is 0 Å². The van der Waals surface area contributed by atoms with E-state index >= 15 is 0 Å². The van der Waals surface area contributed by atoms with E-state index in [2.05, 4.69) is 42.1 Å². The SMILES string of the molecule is CCN(CC)N1CC(C(C)=O)Sc2ccccc21. The third-order valence-electron chi connectivity index (χ3n) is 3.28. The highest BCUT2D eigenvalue weighted by molar-refractivity contribution is 8.00. The largest absolute Gasteiger partial charge is 0.303 e. The average molecular weight is 264 g/mol. The molecule has 0 saturated heterocycles. The van der Waals surface area contributed by atoms with Gasteiger partial charge in [-0.1, -0.05) is 26.0 Å². The Balaban J connectivity index is 2.36. The Morgan fingerprint density at radius 2 is 2.06 bits per heavy atom. The molecule has 0 fully saturated rings. The second-order valence-corrected chi connectivity index (χ2v) is 5.65. The van der Waals surface area contributed by atoms with Gasteiger partial charge in [-0.15, -0.1) is 11.8 Å². The third-order valence-corrected chi connectivity index (χ3v) is 4.64. The molecule has 18 heavy (non-hydrogen) atoms. The van der Waals surface area contributed by atoms with Crippen LogP contribution in [0.3, 0.4) is 0 Å². The first kappa shape index (κ1) is 13.4. The summed E-state index contributed by atoms with van der Waals surface area (Å²) in [5.74, 6) is 0.256. The summed E-state index contributed by atoms with van der Waals surface area (Å²) in [5, 5.41) is 4.59. The first-order chi connectivity index (χ1) is 8.67. The molecule has 1 aromatic carbocycles. The van der Waals surface area contributed by atoms with Crippen molar-refractivity contribution in [1.82, 2.24) is 5.01 Å². The number of carbonyl (C=O) groups excluding carboxylic acids is 1. The first-order valence-corrected chi connectivity index (χ1v) is 7.33. The molecule has 1 heterocycles. The minimum atomic E-state index is 0.0421. The first-order valence-electron chi connectivity index (χ1n) is 6.45. The molecular formula is C14H20N2OS. The zero-order chi connectivity index (χ0) is 13.1. The van der Waals surface area contributed by atoms with E-state index in [9.17, 15) is 4.79 Å². The molecule has 0 aromatic heterocycles. The highest BCUT2D eigenvalue weighted by Crippen LogP contribution is 2.39. The second-order valence-electron chi connectivity index (χ2n) is 4.41. The molecular weight excluding hydrogens is 244 g/mol. The topological polar surface area (TPSA) is 23.6 Å². The van der Waals surface area contributed by atoms with Gasteiger partial charge in [0.1, 0.15) is 5.78 Å². The van der Waals surface area contributed by atoms with E-state index in [1.807, 2.05) is 6.07 Å². The van der Waals surface area contributed by atoms with Crippen molar-refractivity contribution in [2.45, 2.75) is 30.9 Å². The van der Waals surface area contributed by atoms with Crippen LogP contribution in [0.25, 0.3) is 0 Å². The van der Waals surface area contributed by atoms with Crippen molar-refractivity contribution < 1.29 is 4.79 Å². The molecule has 4 heteroatoms. The van der Waals surface area contributed by atoms with Crippen molar-refractivity contribution in [3.63, 3.8) is 0 Å². The maximum absolute atomic E-state index is 11.7. The Morgan fingerprint density at radius 3 is 2.67 bits per heavy atom. The summed E-state index contributed by atoms with van der Waals surface area (Å²) in [4.78, 5) is 12.9. The number of anilines is 1. The molecule has 1 aromatic rings. The van der Waals surface area contributed by atoms with Crippen LogP contribution in [-0.4, -0.2) is 35.7 Å². The molecule has 0 bridgehead atoms. The summed E-state index contributed by atoms with van der Waals surface area (Å²) < 4.78 is 0. The standard InChI is InChI=1S/C14H20N2OS/c1-4-15(5-2)16-10-14(11(3)17)18-13-9-7-6-8-12(13)16/h6-9,14H,4-5,10H2,1-3H3. The summed E-state index contributed by atoms with van der Waals surface area (Å²) in [7, 11) is 0.